The van der Waals surface area contributed by atoms with E-state index in [1.165, 1.54) is 17.3 Å². The molecule has 0 aliphatic heterocycles. The summed E-state index contributed by atoms with van der Waals surface area (Å²) < 4.78 is 5.45. The van der Waals surface area contributed by atoms with Crippen LogP contribution in [0.5, 0.6) is 0 Å². The molecular weight excluding hydrogens is 274 g/mol. The molecule has 0 saturated carbocycles. The molecule has 4 nitrogen and oxygen atoms in total. The molecule has 5 heteroatoms. The molecule has 1 aromatic carbocycles. The van der Waals surface area contributed by atoms with Gasteiger partial charge < -0.3 is 9.52 Å². The molecular formula is C15H17NO3S. The van der Waals surface area contributed by atoms with Gasteiger partial charge in [-0.2, -0.15) is 0 Å². The first-order chi connectivity index (χ1) is 9.60. The summed E-state index contributed by atoms with van der Waals surface area (Å²) in [6.07, 6.45) is 2.19. The van der Waals surface area contributed by atoms with Gasteiger partial charge in [-0.15, -0.1) is 11.8 Å². The maximum Gasteiger partial charge on any atom is 0.316 e. The lowest BCUT2D eigenvalue weighted by atomic mass is 10.1. The summed E-state index contributed by atoms with van der Waals surface area (Å²) in [5, 5.41) is 8.60. The van der Waals surface area contributed by atoms with Crippen LogP contribution >= 0.6 is 11.8 Å². The average Bonchev–Trinajstić information content (AvgIpc) is 2.89. The van der Waals surface area contributed by atoms with Crippen LogP contribution in [0.1, 0.15) is 24.6 Å². The zero-order chi connectivity index (χ0) is 14.5. The molecule has 0 fully saturated rings. The third-order valence-corrected chi connectivity index (χ3v) is 4.33. The van der Waals surface area contributed by atoms with Crippen LogP contribution in [0.4, 0.5) is 0 Å². The lowest BCUT2D eigenvalue weighted by molar-refractivity contribution is -0.136. The van der Waals surface area contributed by atoms with Gasteiger partial charge in [0.1, 0.15) is 11.5 Å². The molecule has 0 aliphatic carbocycles. The number of aryl methyl sites for hydroxylation is 1. The van der Waals surface area contributed by atoms with E-state index in [4.69, 9.17) is 9.52 Å². The smallest absolute Gasteiger partial charge is 0.316 e. The van der Waals surface area contributed by atoms with Crippen LogP contribution in [0.25, 0.3) is 11.5 Å². The topological polar surface area (TPSA) is 63.3 Å². The van der Waals surface area contributed by atoms with Gasteiger partial charge in [-0.05, 0) is 25.5 Å². The first kappa shape index (κ1) is 14.7. The van der Waals surface area contributed by atoms with Crippen molar-refractivity contribution in [3.8, 4) is 11.5 Å². The lowest BCUT2D eigenvalue weighted by Crippen LogP contribution is -2.15. The zero-order valence-corrected chi connectivity index (χ0v) is 12.3. The van der Waals surface area contributed by atoms with Gasteiger partial charge in [0.25, 0.3) is 0 Å². The minimum absolute atomic E-state index is 0.394. The molecule has 1 unspecified atom stereocenters. The van der Waals surface area contributed by atoms with E-state index in [9.17, 15) is 4.79 Å². The molecule has 1 atom stereocenters. The molecule has 106 valence electrons. The van der Waals surface area contributed by atoms with Gasteiger partial charge in [-0.1, -0.05) is 24.6 Å². The normalized spacial score (nSPS) is 12.3. The SMILES string of the molecule is CCC(SCc1coc(-c2ccc(C)cc2)n1)C(=O)O. The number of hydrogen-bond acceptors (Lipinski definition) is 4. The standard InChI is InChI=1S/C15H17NO3S/c1-3-13(15(17)18)20-9-12-8-19-14(16-12)11-6-4-10(2)5-7-11/h4-8,13H,3,9H2,1-2H3,(H,17,18). The van der Waals surface area contributed by atoms with Gasteiger partial charge in [0, 0.05) is 11.3 Å². The van der Waals surface area contributed by atoms with Crippen molar-refractivity contribution in [1.29, 1.82) is 0 Å². The number of aromatic nitrogens is 1. The Bertz CT molecular complexity index is 577. The van der Waals surface area contributed by atoms with Crippen LogP contribution in [0.15, 0.2) is 34.9 Å². The van der Waals surface area contributed by atoms with Crippen molar-refractivity contribution >= 4 is 17.7 Å². The van der Waals surface area contributed by atoms with E-state index >= 15 is 0 Å². The van der Waals surface area contributed by atoms with E-state index in [2.05, 4.69) is 4.98 Å². The number of carboxylic acid groups (broad SMARTS) is 1. The van der Waals surface area contributed by atoms with E-state index in [0.29, 0.717) is 18.1 Å². The van der Waals surface area contributed by atoms with Gasteiger partial charge >= 0.3 is 5.97 Å². The molecule has 20 heavy (non-hydrogen) atoms. The van der Waals surface area contributed by atoms with Crippen molar-refractivity contribution in [3.63, 3.8) is 0 Å². The minimum atomic E-state index is -0.778. The van der Waals surface area contributed by atoms with Crippen molar-refractivity contribution in [3.05, 3.63) is 41.8 Å². The van der Waals surface area contributed by atoms with E-state index in [0.717, 1.165) is 11.3 Å². The second-order valence-electron chi connectivity index (χ2n) is 4.56. The van der Waals surface area contributed by atoms with Crippen molar-refractivity contribution in [2.75, 3.05) is 0 Å². The Labute approximate surface area is 122 Å². The largest absolute Gasteiger partial charge is 0.480 e. The summed E-state index contributed by atoms with van der Waals surface area (Å²) in [5.41, 5.74) is 2.88. The molecule has 0 spiro atoms. The van der Waals surface area contributed by atoms with Gasteiger partial charge in [0.05, 0.1) is 5.69 Å². The van der Waals surface area contributed by atoms with Crippen LogP contribution in [0.3, 0.4) is 0 Å². The number of hydrogen-bond donors (Lipinski definition) is 1. The van der Waals surface area contributed by atoms with Crippen molar-refractivity contribution in [1.82, 2.24) is 4.98 Å². The van der Waals surface area contributed by atoms with Gasteiger partial charge in [-0.25, -0.2) is 4.98 Å². The number of thioether (sulfide) groups is 1. The Morgan fingerprint density at radius 3 is 2.70 bits per heavy atom. The first-order valence-corrected chi connectivity index (χ1v) is 7.51. The fourth-order valence-electron chi connectivity index (χ4n) is 1.75. The van der Waals surface area contributed by atoms with Crippen LogP contribution in [0.2, 0.25) is 0 Å². The highest BCUT2D eigenvalue weighted by molar-refractivity contribution is 7.99. The highest BCUT2D eigenvalue weighted by Gasteiger charge is 2.16. The Morgan fingerprint density at radius 1 is 1.40 bits per heavy atom. The summed E-state index contributed by atoms with van der Waals surface area (Å²) in [5.74, 6) is 0.337. The van der Waals surface area contributed by atoms with Crippen molar-refractivity contribution in [2.24, 2.45) is 0 Å². The third-order valence-electron chi connectivity index (χ3n) is 2.93. The molecule has 1 aromatic heterocycles. The maximum absolute atomic E-state index is 10.9. The predicted molar refractivity (Wildman–Crippen MR) is 79.7 cm³/mol. The molecule has 0 bridgehead atoms. The van der Waals surface area contributed by atoms with Crippen molar-refractivity contribution < 1.29 is 14.3 Å². The van der Waals surface area contributed by atoms with Crippen LogP contribution in [-0.2, 0) is 10.5 Å². The fourth-order valence-corrected chi connectivity index (χ4v) is 2.63. The van der Waals surface area contributed by atoms with E-state index in [1.807, 2.05) is 38.1 Å². The van der Waals surface area contributed by atoms with Gasteiger partial charge in [0.15, 0.2) is 0 Å². The summed E-state index contributed by atoms with van der Waals surface area (Å²) >= 11 is 1.37. The molecule has 0 amide bonds. The number of benzene rings is 1. The first-order valence-electron chi connectivity index (χ1n) is 6.46. The monoisotopic (exact) mass is 291 g/mol. The third kappa shape index (κ3) is 3.63. The Hall–Kier alpha value is -1.75. The summed E-state index contributed by atoms with van der Waals surface area (Å²) in [6.45, 7) is 3.89. The highest BCUT2D eigenvalue weighted by atomic mass is 32.2. The van der Waals surface area contributed by atoms with Crippen LogP contribution in [0, 0.1) is 6.92 Å². The fraction of sp³-hybridized carbons (Fsp3) is 0.333. The lowest BCUT2D eigenvalue weighted by Gasteiger charge is -2.06. The molecule has 2 rings (SSSR count). The number of nitrogens with zero attached hydrogens (tertiary/aromatic N) is 1. The quantitative estimate of drug-likeness (QED) is 0.878. The van der Waals surface area contributed by atoms with E-state index in [-0.39, 0.29) is 0 Å². The Kier molecular flexibility index (Phi) is 4.84. The van der Waals surface area contributed by atoms with Crippen LogP contribution < -0.4 is 0 Å². The molecule has 0 aliphatic rings. The molecule has 0 radical (unpaired) electrons. The average molecular weight is 291 g/mol. The summed E-state index contributed by atoms with van der Waals surface area (Å²) in [6, 6.07) is 7.94. The second-order valence-corrected chi connectivity index (χ2v) is 5.75. The number of carboxylic acids is 1. The Morgan fingerprint density at radius 2 is 2.10 bits per heavy atom. The number of carbonyl (C=O) groups is 1. The number of aliphatic carboxylic acids is 1. The molecule has 1 N–H and O–H groups in total. The maximum atomic E-state index is 10.9. The van der Waals surface area contributed by atoms with Crippen molar-refractivity contribution in [2.45, 2.75) is 31.3 Å². The summed E-state index contributed by atoms with van der Waals surface area (Å²) in [7, 11) is 0. The number of oxazole rings is 1. The minimum Gasteiger partial charge on any atom is -0.480 e. The van der Waals surface area contributed by atoms with Gasteiger partial charge in [0.2, 0.25) is 5.89 Å². The van der Waals surface area contributed by atoms with Crippen LogP contribution in [-0.4, -0.2) is 21.3 Å². The predicted octanol–water partition coefficient (Wildman–Crippen LogP) is 3.75. The summed E-state index contributed by atoms with van der Waals surface area (Å²) in [4.78, 5) is 15.3. The molecule has 0 saturated heterocycles. The molecule has 2 aromatic rings. The Balaban J connectivity index is 2.02. The molecule has 1 heterocycles. The number of rotatable bonds is 6. The highest BCUT2D eigenvalue weighted by Crippen LogP contribution is 2.24. The van der Waals surface area contributed by atoms with E-state index < -0.39 is 11.2 Å². The second kappa shape index (κ2) is 6.61. The van der Waals surface area contributed by atoms with E-state index in [1.54, 1.807) is 6.26 Å². The zero-order valence-electron chi connectivity index (χ0n) is 11.5. The van der Waals surface area contributed by atoms with Gasteiger partial charge in [-0.3, -0.25) is 4.79 Å².